The van der Waals surface area contributed by atoms with E-state index in [1.807, 2.05) is 37.3 Å². The average molecular weight is 407 g/mol. The van der Waals surface area contributed by atoms with Crippen molar-refractivity contribution in [2.45, 2.75) is 55.7 Å². The van der Waals surface area contributed by atoms with E-state index in [0.717, 1.165) is 46.9 Å². The number of aromatic nitrogens is 2. The van der Waals surface area contributed by atoms with E-state index in [2.05, 4.69) is 31.2 Å². The van der Waals surface area contributed by atoms with Gasteiger partial charge in [-0.25, -0.2) is 0 Å². The third-order valence-electron chi connectivity index (χ3n) is 5.34. The first-order chi connectivity index (χ1) is 14.1. The van der Waals surface area contributed by atoms with Gasteiger partial charge in [0, 0.05) is 4.90 Å². The third-order valence-corrected chi connectivity index (χ3v) is 6.52. The minimum Gasteiger partial charge on any atom is -0.406 e. The molecule has 0 aliphatic heterocycles. The maximum atomic E-state index is 12.9. The van der Waals surface area contributed by atoms with Crippen molar-refractivity contribution in [2.75, 3.05) is 0 Å². The Hall–Kier alpha value is -2.53. The van der Waals surface area contributed by atoms with Crippen LogP contribution in [0.5, 0.6) is 5.88 Å². The highest BCUT2D eigenvalue weighted by atomic mass is 32.2. The van der Waals surface area contributed by atoms with Crippen LogP contribution in [0.25, 0.3) is 5.69 Å². The number of carbonyl (C=O) groups is 1. The van der Waals surface area contributed by atoms with Crippen LogP contribution >= 0.6 is 11.8 Å². The van der Waals surface area contributed by atoms with Crippen molar-refractivity contribution < 1.29 is 9.53 Å². The summed E-state index contributed by atoms with van der Waals surface area (Å²) in [6.45, 7) is 4.04. The molecular weight excluding hydrogens is 380 g/mol. The lowest BCUT2D eigenvalue weighted by molar-refractivity contribution is -0.140. The van der Waals surface area contributed by atoms with E-state index >= 15 is 0 Å². The lowest BCUT2D eigenvalue weighted by atomic mass is 9.89. The standard InChI is InChI=1S/C24H26N2O2S/c1-17-13-15-21(16-14-17)29-22-18(2)25-26(20-11-7-4-8-12-20)23(22)28-24(27)19-9-5-3-6-10-19/h4,7-8,11-16,19H,3,5-6,9-10H2,1-2H3. The minimum absolute atomic E-state index is 0.0135. The molecule has 1 heterocycles. The molecule has 4 rings (SSSR count). The zero-order valence-electron chi connectivity index (χ0n) is 16.9. The molecule has 29 heavy (non-hydrogen) atoms. The molecule has 0 bridgehead atoms. The fraction of sp³-hybridized carbons (Fsp3) is 0.333. The summed E-state index contributed by atoms with van der Waals surface area (Å²) in [6.07, 6.45) is 5.23. The Morgan fingerprint density at radius 3 is 2.38 bits per heavy atom. The number of ether oxygens (including phenoxy) is 1. The summed E-state index contributed by atoms with van der Waals surface area (Å²) in [6, 6.07) is 18.2. The quantitative estimate of drug-likeness (QED) is 0.478. The van der Waals surface area contributed by atoms with Gasteiger partial charge in [-0.3, -0.25) is 4.79 Å². The molecule has 5 heteroatoms. The maximum absolute atomic E-state index is 12.9. The molecule has 0 spiro atoms. The van der Waals surface area contributed by atoms with E-state index in [0.29, 0.717) is 5.88 Å². The van der Waals surface area contributed by atoms with Crippen LogP contribution in [0.3, 0.4) is 0 Å². The Morgan fingerprint density at radius 1 is 1.00 bits per heavy atom. The van der Waals surface area contributed by atoms with E-state index in [4.69, 9.17) is 9.84 Å². The van der Waals surface area contributed by atoms with Gasteiger partial charge in [-0.1, -0.05) is 66.9 Å². The van der Waals surface area contributed by atoms with Crippen molar-refractivity contribution in [2.24, 2.45) is 5.92 Å². The largest absolute Gasteiger partial charge is 0.406 e. The lowest BCUT2D eigenvalue weighted by Crippen LogP contribution is -2.24. The Morgan fingerprint density at radius 2 is 1.69 bits per heavy atom. The second kappa shape index (κ2) is 8.87. The van der Waals surface area contributed by atoms with E-state index in [1.165, 1.54) is 12.0 Å². The Bertz CT molecular complexity index is 974. The zero-order chi connectivity index (χ0) is 20.2. The zero-order valence-corrected chi connectivity index (χ0v) is 17.7. The van der Waals surface area contributed by atoms with Gasteiger partial charge in [0.2, 0.25) is 5.88 Å². The van der Waals surface area contributed by atoms with Gasteiger partial charge in [-0.2, -0.15) is 9.78 Å². The van der Waals surface area contributed by atoms with Crippen molar-refractivity contribution in [1.82, 2.24) is 9.78 Å². The van der Waals surface area contributed by atoms with E-state index in [-0.39, 0.29) is 11.9 Å². The molecule has 0 radical (unpaired) electrons. The molecule has 1 fully saturated rings. The van der Waals surface area contributed by atoms with Crippen LogP contribution in [-0.2, 0) is 4.79 Å². The minimum atomic E-state index is -0.132. The molecule has 1 aromatic heterocycles. The van der Waals surface area contributed by atoms with Crippen molar-refractivity contribution in [3.05, 3.63) is 65.9 Å². The van der Waals surface area contributed by atoms with Gasteiger partial charge in [-0.05, 0) is 51.0 Å². The fourth-order valence-electron chi connectivity index (χ4n) is 3.68. The molecule has 3 aromatic rings. The van der Waals surface area contributed by atoms with Gasteiger partial charge in [0.25, 0.3) is 0 Å². The molecule has 1 aliphatic carbocycles. The number of hydrogen-bond donors (Lipinski definition) is 0. The van der Waals surface area contributed by atoms with Crippen LogP contribution in [0.4, 0.5) is 0 Å². The maximum Gasteiger partial charge on any atom is 0.315 e. The summed E-state index contributed by atoms with van der Waals surface area (Å²) in [5.74, 6) is 0.378. The first kappa shape index (κ1) is 19.8. The smallest absolute Gasteiger partial charge is 0.315 e. The normalized spacial score (nSPS) is 14.7. The Balaban J connectivity index is 1.70. The molecule has 150 valence electrons. The first-order valence-corrected chi connectivity index (χ1v) is 11.0. The SMILES string of the molecule is Cc1ccc(Sc2c(C)nn(-c3ccccc3)c2OC(=O)C2CCCCC2)cc1. The number of para-hydroxylation sites is 1. The number of nitrogens with zero attached hydrogens (tertiary/aromatic N) is 2. The van der Waals surface area contributed by atoms with Gasteiger partial charge in [-0.15, -0.1) is 0 Å². The summed E-state index contributed by atoms with van der Waals surface area (Å²) in [5.41, 5.74) is 2.96. The summed E-state index contributed by atoms with van der Waals surface area (Å²) in [7, 11) is 0. The predicted molar refractivity (Wildman–Crippen MR) is 116 cm³/mol. The van der Waals surface area contributed by atoms with Gasteiger partial charge in [0.05, 0.1) is 22.2 Å². The van der Waals surface area contributed by atoms with Crippen molar-refractivity contribution in [3.8, 4) is 11.6 Å². The highest BCUT2D eigenvalue weighted by molar-refractivity contribution is 7.99. The van der Waals surface area contributed by atoms with E-state index < -0.39 is 0 Å². The van der Waals surface area contributed by atoms with Gasteiger partial charge < -0.3 is 4.74 Å². The average Bonchev–Trinajstić information content (AvgIpc) is 3.06. The number of hydrogen-bond acceptors (Lipinski definition) is 4. The van der Waals surface area contributed by atoms with E-state index in [1.54, 1.807) is 16.4 Å². The molecule has 1 aliphatic rings. The first-order valence-electron chi connectivity index (χ1n) is 10.2. The second-order valence-electron chi connectivity index (χ2n) is 7.64. The second-order valence-corrected chi connectivity index (χ2v) is 8.72. The molecule has 0 saturated heterocycles. The molecule has 4 nitrogen and oxygen atoms in total. The molecule has 0 unspecified atom stereocenters. The monoisotopic (exact) mass is 406 g/mol. The molecule has 0 N–H and O–H groups in total. The topological polar surface area (TPSA) is 44.1 Å². The van der Waals surface area contributed by atoms with Gasteiger partial charge in [0.15, 0.2) is 0 Å². The van der Waals surface area contributed by atoms with Gasteiger partial charge >= 0.3 is 5.97 Å². The number of aryl methyl sites for hydroxylation is 2. The third kappa shape index (κ3) is 4.56. The summed E-state index contributed by atoms with van der Waals surface area (Å²) in [4.78, 5) is 14.9. The highest BCUT2D eigenvalue weighted by Gasteiger charge is 2.27. The van der Waals surface area contributed by atoms with E-state index in [9.17, 15) is 4.79 Å². The van der Waals surface area contributed by atoms with Crippen LogP contribution in [0.15, 0.2) is 64.4 Å². The number of rotatable bonds is 5. The molecule has 2 aromatic carbocycles. The number of carbonyl (C=O) groups excluding carboxylic acids is 1. The summed E-state index contributed by atoms with van der Waals surface area (Å²) < 4.78 is 7.78. The van der Waals surface area contributed by atoms with Crippen molar-refractivity contribution >= 4 is 17.7 Å². The Kier molecular flexibility index (Phi) is 6.05. The van der Waals surface area contributed by atoms with Crippen molar-refractivity contribution in [1.29, 1.82) is 0 Å². The van der Waals surface area contributed by atoms with Crippen LogP contribution in [0.2, 0.25) is 0 Å². The Labute approximate surface area is 176 Å². The van der Waals surface area contributed by atoms with Gasteiger partial charge in [0.1, 0.15) is 0 Å². The summed E-state index contributed by atoms with van der Waals surface area (Å²) >= 11 is 1.59. The molecule has 0 amide bonds. The number of benzene rings is 2. The van der Waals surface area contributed by atoms with Crippen LogP contribution < -0.4 is 4.74 Å². The molecule has 0 atom stereocenters. The van der Waals surface area contributed by atoms with Crippen molar-refractivity contribution in [3.63, 3.8) is 0 Å². The van der Waals surface area contributed by atoms with Crippen LogP contribution in [-0.4, -0.2) is 15.7 Å². The van der Waals surface area contributed by atoms with Crippen LogP contribution in [0, 0.1) is 19.8 Å². The molecular formula is C24H26N2O2S. The highest BCUT2D eigenvalue weighted by Crippen LogP contribution is 2.40. The molecule has 1 saturated carbocycles. The lowest BCUT2D eigenvalue weighted by Gasteiger charge is -2.20. The number of esters is 1. The summed E-state index contributed by atoms with van der Waals surface area (Å²) in [5, 5.41) is 4.71. The van der Waals surface area contributed by atoms with Crippen LogP contribution in [0.1, 0.15) is 43.4 Å². The predicted octanol–water partition coefficient (Wildman–Crippen LogP) is 6.13. The fourth-order valence-corrected chi connectivity index (χ4v) is 4.60.